The van der Waals surface area contributed by atoms with Crippen molar-refractivity contribution in [2.24, 2.45) is 0 Å². The molecule has 0 radical (unpaired) electrons. The van der Waals surface area contributed by atoms with Crippen molar-refractivity contribution in [3.05, 3.63) is 70.5 Å². The fourth-order valence-electron chi connectivity index (χ4n) is 4.82. The number of nitro groups is 1. The summed E-state index contributed by atoms with van der Waals surface area (Å²) in [5.74, 6) is 1.11. The van der Waals surface area contributed by atoms with Crippen LogP contribution in [0, 0.1) is 10.1 Å². The lowest BCUT2D eigenvalue weighted by molar-refractivity contribution is -0.384. The Morgan fingerprint density at radius 1 is 1.12 bits per heavy atom. The van der Waals surface area contributed by atoms with Gasteiger partial charge in [-0.3, -0.25) is 15.0 Å². The maximum atomic E-state index is 11.0. The van der Waals surface area contributed by atoms with Gasteiger partial charge in [-0.1, -0.05) is 6.07 Å². The molecule has 1 aliphatic rings. The van der Waals surface area contributed by atoms with E-state index in [9.17, 15) is 15.2 Å². The van der Waals surface area contributed by atoms with Crippen molar-refractivity contribution in [2.75, 3.05) is 13.1 Å². The van der Waals surface area contributed by atoms with Gasteiger partial charge in [-0.05, 0) is 55.5 Å². The number of fused-ring (bicyclic) bond motifs is 2. The van der Waals surface area contributed by atoms with E-state index in [-0.39, 0.29) is 10.6 Å². The van der Waals surface area contributed by atoms with Crippen LogP contribution in [0.2, 0.25) is 0 Å². The molecule has 166 valence electrons. The van der Waals surface area contributed by atoms with E-state index in [0.29, 0.717) is 5.92 Å². The van der Waals surface area contributed by atoms with Gasteiger partial charge in [-0.2, -0.15) is 0 Å². The Morgan fingerprint density at radius 3 is 2.69 bits per heavy atom. The van der Waals surface area contributed by atoms with E-state index in [2.05, 4.69) is 14.9 Å². The molecular weight excluding hydrogens is 408 g/mol. The maximum Gasteiger partial charge on any atom is 0.271 e. The lowest BCUT2D eigenvalue weighted by atomic mass is 9.89. The van der Waals surface area contributed by atoms with Crippen molar-refractivity contribution in [3.63, 3.8) is 0 Å². The monoisotopic (exact) mass is 434 g/mol. The highest BCUT2D eigenvalue weighted by Crippen LogP contribution is 2.35. The molecule has 8 nitrogen and oxygen atoms in total. The lowest BCUT2D eigenvalue weighted by Crippen LogP contribution is -2.49. The van der Waals surface area contributed by atoms with Crippen molar-refractivity contribution < 1.29 is 14.8 Å². The van der Waals surface area contributed by atoms with Gasteiger partial charge < -0.3 is 19.8 Å². The summed E-state index contributed by atoms with van der Waals surface area (Å²) in [6.07, 6.45) is 4.63. The molecule has 2 aromatic heterocycles. The predicted octanol–water partition coefficient (Wildman–Crippen LogP) is 4.52. The first-order valence-corrected chi connectivity index (χ1v) is 10.9. The SMILES string of the molecule is CC(O)C(Oc1cccc2[nH]ccc12)N1CCC(c2c[nH]c3cc([N+](=O)[O-])ccc23)CC1. The molecule has 1 saturated heterocycles. The summed E-state index contributed by atoms with van der Waals surface area (Å²) >= 11 is 0. The molecule has 1 fully saturated rings. The van der Waals surface area contributed by atoms with E-state index < -0.39 is 12.3 Å². The summed E-state index contributed by atoms with van der Waals surface area (Å²) in [5, 5.41) is 23.6. The number of ether oxygens (including phenoxy) is 1. The van der Waals surface area contributed by atoms with Crippen LogP contribution in [-0.2, 0) is 0 Å². The fraction of sp³-hybridized carbons (Fsp3) is 0.333. The second-order valence-corrected chi connectivity index (χ2v) is 8.49. The number of aliphatic hydroxyl groups excluding tert-OH is 1. The molecule has 0 saturated carbocycles. The third-order valence-corrected chi connectivity index (χ3v) is 6.45. The second-order valence-electron chi connectivity index (χ2n) is 8.49. The number of hydrogen-bond donors (Lipinski definition) is 3. The maximum absolute atomic E-state index is 11.0. The normalized spacial score (nSPS) is 17.6. The zero-order valence-electron chi connectivity index (χ0n) is 17.8. The van der Waals surface area contributed by atoms with Gasteiger partial charge in [-0.15, -0.1) is 0 Å². The zero-order chi connectivity index (χ0) is 22.2. The molecule has 0 bridgehead atoms. The van der Waals surface area contributed by atoms with E-state index in [1.165, 1.54) is 5.56 Å². The summed E-state index contributed by atoms with van der Waals surface area (Å²) in [6, 6.07) is 12.9. The Bertz CT molecular complexity index is 1250. The van der Waals surface area contributed by atoms with E-state index in [4.69, 9.17) is 4.74 Å². The van der Waals surface area contributed by atoms with Gasteiger partial charge in [0.1, 0.15) is 11.9 Å². The molecule has 1 aliphatic heterocycles. The number of piperidine rings is 1. The number of nitrogens with one attached hydrogen (secondary N) is 2. The standard InChI is InChI=1S/C24H26N4O4/c1-15(29)24(32-23-4-2-3-21-19(23)7-10-25-21)27-11-8-16(9-12-27)20-14-26-22-13-17(28(30)31)5-6-18(20)22/h2-7,10,13-16,24-26,29H,8-9,11-12H2,1H3. The molecule has 5 rings (SSSR count). The summed E-state index contributed by atoms with van der Waals surface area (Å²) in [4.78, 5) is 19.3. The van der Waals surface area contributed by atoms with E-state index >= 15 is 0 Å². The molecule has 3 heterocycles. The number of hydrogen-bond acceptors (Lipinski definition) is 5. The first-order chi connectivity index (χ1) is 15.5. The van der Waals surface area contributed by atoms with E-state index in [1.54, 1.807) is 19.1 Å². The predicted molar refractivity (Wildman–Crippen MR) is 123 cm³/mol. The van der Waals surface area contributed by atoms with Crippen LogP contribution in [0.4, 0.5) is 5.69 Å². The van der Waals surface area contributed by atoms with Crippen molar-refractivity contribution in [1.29, 1.82) is 0 Å². The minimum Gasteiger partial charge on any atom is -0.472 e. The second kappa shape index (κ2) is 8.29. The Labute approximate surface area is 185 Å². The highest BCUT2D eigenvalue weighted by Gasteiger charge is 2.31. The largest absolute Gasteiger partial charge is 0.472 e. The topological polar surface area (TPSA) is 107 Å². The fourth-order valence-corrected chi connectivity index (χ4v) is 4.82. The van der Waals surface area contributed by atoms with E-state index in [1.807, 2.05) is 42.7 Å². The number of nitro benzene ring substituents is 1. The molecule has 0 amide bonds. The van der Waals surface area contributed by atoms with Crippen LogP contribution >= 0.6 is 0 Å². The molecule has 4 aromatic rings. The van der Waals surface area contributed by atoms with Crippen molar-refractivity contribution >= 4 is 27.5 Å². The van der Waals surface area contributed by atoms with Gasteiger partial charge in [0.05, 0.1) is 10.4 Å². The van der Waals surface area contributed by atoms with Gasteiger partial charge in [0.2, 0.25) is 0 Å². The molecule has 0 spiro atoms. The number of aromatic amines is 2. The number of likely N-dealkylation sites (tertiary alicyclic amines) is 1. The van der Waals surface area contributed by atoms with Gasteiger partial charge in [0, 0.05) is 53.9 Å². The number of H-pyrrole nitrogens is 2. The number of aromatic nitrogens is 2. The number of rotatable bonds is 6. The molecule has 8 heteroatoms. The molecule has 3 N–H and O–H groups in total. The van der Waals surface area contributed by atoms with Crippen molar-refractivity contribution in [2.45, 2.75) is 38.0 Å². The van der Waals surface area contributed by atoms with Crippen LogP contribution in [0.3, 0.4) is 0 Å². The molecule has 2 unspecified atom stereocenters. The van der Waals surface area contributed by atoms with Crippen LogP contribution in [0.15, 0.2) is 54.9 Å². The minimum absolute atomic E-state index is 0.0927. The minimum atomic E-state index is -0.644. The molecular formula is C24H26N4O4. The zero-order valence-corrected chi connectivity index (χ0v) is 17.8. The highest BCUT2D eigenvalue weighted by atomic mass is 16.6. The third kappa shape index (κ3) is 3.72. The quantitative estimate of drug-likeness (QED) is 0.305. The molecule has 0 aliphatic carbocycles. The number of benzene rings is 2. The Balaban J connectivity index is 1.31. The Morgan fingerprint density at radius 2 is 1.94 bits per heavy atom. The van der Waals surface area contributed by atoms with Gasteiger partial charge >= 0.3 is 0 Å². The van der Waals surface area contributed by atoms with Crippen molar-refractivity contribution in [1.82, 2.24) is 14.9 Å². The van der Waals surface area contributed by atoms with Crippen LogP contribution in [0.5, 0.6) is 5.75 Å². The summed E-state index contributed by atoms with van der Waals surface area (Å²) in [6.45, 7) is 3.35. The number of nitrogens with zero attached hydrogens (tertiary/aromatic N) is 2. The summed E-state index contributed by atoms with van der Waals surface area (Å²) < 4.78 is 6.30. The number of non-ortho nitro benzene ring substituents is 1. The molecule has 2 aromatic carbocycles. The summed E-state index contributed by atoms with van der Waals surface area (Å²) in [7, 11) is 0. The van der Waals surface area contributed by atoms with Crippen LogP contribution < -0.4 is 4.74 Å². The first kappa shape index (κ1) is 20.5. The summed E-state index contributed by atoms with van der Waals surface area (Å²) in [5.41, 5.74) is 3.09. The third-order valence-electron chi connectivity index (χ3n) is 6.45. The smallest absolute Gasteiger partial charge is 0.271 e. The first-order valence-electron chi connectivity index (χ1n) is 10.9. The average molecular weight is 434 g/mol. The van der Waals surface area contributed by atoms with Gasteiger partial charge in [0.15, 0.2) is 6.23 Å². The highest BCUT2D eigenvalue weighted by molar-refractivity contribution is 5.86. The van der Waals surface area contributed by atoms with Crippen molar-refractivity contribution in [3.8, 4) is 5.75 Å². The van der Waals surface area contributed by atoms with Crippen LogP contribution in [0.25, 0.3) is 21.8 Å². The Hall–Kier alpha value is -3.36. The lowest BCUT2D eigenvalue weighted by Gasteiger charge is -2.38. The van der Waals surface area contributed by atoms with Gasteiger partial charge in [-0.25, -0.2) is 0 Å². The van der Waals surface area contributed by atoms with Gasteiger partial charge in [0.25, 0.3) is 5.69 Å². The van der Waals surface area contributed by atoms with Crippen LogP contribution in [0.1, 0.15) is 31.2 Å². The van der Waals surface area contributed by atoms with E-state index in [0.717, 1.165) is 53.5 Å². The van der Waals surface area contributed by atoms with Crippen LogP contribution in [-0.4, -0.2) is 50.3 Å². The molecule has 2 atom stereocenters. The Kier molecular flexibility index (Phi) is 5.32. The number of aliphatic hydroxyl groups is 1. The molecule has 32 heavy (non-hydrogen) atoms. The average Bonchev–Trinajstić information content (AvgIpc) is 3.44.